The van der Waals surface area contributed by atoms with Crippen LogP contribution in [0.2, 0.25) is 5.02 Å². The molecule has 1 aliphatic heterocycles. The Kier molecular flexibility index (Phi) is 3.67. The first-order chi connectivity index (χ1) is 9.55. The van der Waals surface area contributed by atoms with E-state index in [1.165, 1.54) is 0 Å². The molecular weight excluding hydrogens is 296 g/mol. The zero-order valence-corrected chi connectivity index (χ0v) is 12.4. The number of sulfone groups is 1. The standard InChI is InChI=1S/C14H15ClN2O2S/c15-13-4-3-10(14-12(13)2-1-6-16-14)8-17-11-5-7-20(18,19)9-11/h1-4,6,11,17H,5,7-9H2. The minimum absolute atomic E-state index is 0.0365. The zero-order chi connectivity index (χ0) is 14.2. The molecule has 1 aliphatic rings. The van der Waals surface area contributed by atoms with E-state index in [0.717, 1.165) is 16.5 Å². The number of nitrogens with zero attached hydrogens (tertiary/aromatic N) is 1. The van der Waals surface area contributed by atoms with Crippen molar-refractivity contribution >= 4 is 32.3 Å². The highest BCUT2D eigenvalue weighted by molar-refractivity contribution is 7.91. The monoisotopic (exact) mass is 310 g/mol. The molecule has 6 heteroatoms. The van der Waals surface area contributed by atoms with Crippen molar-refractivity contribution < 1.29 is 8.42 Å². The van der Waals surface area contributed by atoms with Crippen LogP contribution in [0.15, 0.2) is 30.5 Å². The van der Waals surface area contributed by atoms with Gasteiger partial charge in [-0.15, -0.1) is 0 Å². The minimum atomic E-state index is -2.85. The van der Waals surface area contributed by atoms with Crippen molar-refractivity contribution in [3.63, 3.8) is 0 Å². The Hall–Kier alpha value is -1.17. The molecule has 0 spiro atoms. The molecule has 3 rings (SSSR count). The van der Waals surface area contributed by atoms with Gasteiger partial charge in [-0.2, -0.15) is 0 Å². The summed E-state index contributed by atoms with van der Waals surface area (Å²) in [5.41, 5.74) is 1.91. The number of benzene rings is 1. The van der Waals surface area contributed by atoms with Gasteiger partial charge in [0.25, 0.3) is 0 Å². The summed E-state index contributed by atoms with van der Waals surface area (Å²) < 4.78 is 22.9. The van der Waals surface area contributed by atoms with Gasteiger partial charge >= 0.3 is 0 Å². The van der Waals surface area contributed by atoms with Gasteiger partial charge in [0.2, 0.25) is 0 Å². The number of nitrogens with one attached hydrogen (secondary N) is 1. The van der Waals surface area contributed by atoms with Gasteiger partial charge in [-0.05, 0) is 30.2 Å². The molecule has 20 heavy (non-hydrogen) atoms. The quantitative estimate of drug-likeness (QED) is 0.944. The average molecular weight is 311 g/mol. The summed E-state index contributed by atoms with van der Waals surface area (Å²) in [5, 5.41) is 4.91. The van der Waals surface area contributed by atoms with Gasteiger partial charge in [0.15, 0.2) is 9.84 Å². The van der Waals surface area contributed by atoms with E-state index < -0.39 is 9.84 Å². The first-order valence-electron chi connectivity index (χ1n) is 6.51. The summed E-state index contributed by atoms with van der Waals surface area (Å²) in [5.74, 6) is 0.510. The molecule has 1 aromatic heterocycles. The van der Waals surface area contributed by atoms with Crippen LogP contribution in [0.25, 0.3) is 10.9 Å². The molecule has 1 aromatic carbocycles. The molecule has 2 heterocycles. The summed E-state index contributed by atoms with van der Waals surface area (Å²) in [6, 6.07) is 7.63. The van der Waals surface area contributed by atoms with E-state index >= 15 is 0 Å². The Morgan fingerprint density at radius 3 is 2.95 bits per heavy atom. The van der Waals surface area contributed by atoms with Crippen LogP contribution in [0, 0.1) is 0 Å². The highest BCUT2D eigenvalue weighted by Gasteiger charge is 2.27. The number of pyridine rings is 1. The molecule has 1 N–H and O–H groups in total. The van der Waals surface area contributed by atoms with Crippen molar-refractivity contribution in [3.8, 4) is 0 Å². The molecule has 0 bridgehead atoms. The molecule has 0 aliphatic carbocycles. The first-order valence-corrected chi connectivity index (χ1v) is 8.71. The van der Waals surface area contributed by atoms with Crippen LogP contribution in [0.5, 0.6) is 0 Å². The minimum Gasteiger partial charge on any atom is -0.309 e. The number of hydrogen-bond donors (Lipinski definition) is 1. The van der Waals surface area contributed by atoms with Crippen LogP contribution >= 0.6 is 11.6 Å². The number of halogens is 1. The zero-order valence-electron chi connectivity index (χ0n) is 10.8. The molecule has 0 radical (unpaired) electrons. The van der Waals surface area contributed by atoms with Crippen molar-refractivity contribution in [3.05, 3.63) is 41.0 Å². The van der Waals surface area contributed by atoms with Crippen LogP contribution in [-0.4, -0.2) is 30.9 Å². The lowest BCUT2D eigenvalue weighted by Crippen LogP contribution is -2.29. The van der Waals surface area contributed by atoms with E-state index in [-0.39, 0.29) is 17.5 Å². The molecule has 1 unspecified atom stereocenters. The fraction of sp³-hybridized carbons (Fsp3) is 0.357. The Morgan fingerprint density at radius 1 is 1.35 bits per heavy atom. The maximum Gasteiger partial charge on any atom is 0.151 e. The summed E-state index contributed by atoms with van der Waals surface area (Å²) in [6.07, 6.45) is 2.42. The van der Waals surface area contributed by atoms with Gasteiger partial charge in [0.05, 0.1) is 17.0 Å². The van der Waals surface area contributed by atoms with Crippen LogP contribution in [0.1, 0.15) is 12.0 Å². The third-order valence-corrected chi connectivity index (χ3v) is 5.71. The maximum atomic E-state index is 11.4. The topological polar surface area (TPSA) is 59.1 Å². The summed E-state index contributed by atoms with van der Waals surface area (Å²) in [4.78, 5) is 4.37. The Morgan fingerprint density at radius 2 is 2.20 bits per heavy atom. The fourth-order valence-electron chi connectivity index (χ4n) is 2.55. The highest BCUT2D eigenvalue weighted by Crippen LogP contribution is 2.25. The molecule has 0 amide bonds. The number of hydrogen-bond acceptors (Lipinski definition) is 4. The van der Waals surface area contributed by atoms with E-state index in [0.29, 0.717) is 18.0 Å². The van der Waals surface area contributed by atoms with Crippen LogP contribution in [0.4, 0.5) is 0 Å². The van der Waals surface area contributed by atoms with E-state index in [1.54, 1.807) is 6.20 Å². The molecule has 1 fully saturated rings. The molecular formula is C14H15ClN2O2S. The van der Waals surface area contributed by atoms with Crippen LogP contribution < -0.4 is 5.32 Å². The Bertz CT molecular complexity index is 746. The SMILES string of the molecule is O=S1(=O)CCC(NCc2ccc(Cl)c3cccnc23)C1. The van der Waals surface area contributed by atoms with Gasteiger partial charge in [-0.1, -0.05) is 17.7 Å². The van der Waals surface area contributed by atoms with E-state index in [2.05, 4.69) is 10.3 Å². The van der Waals surface area contributed by atoms with E-state index in [9.17, 15) is 8.42 Å². The van der Waals surface area contributed by atoms with Gasteiger partial charge in [0.1, 0.15) is 0 Å². The molecule has 1 saturated heterocycles. The summed E-state index contributed by atoms with van der Waals surface area (Å²) >= 11 is 6.15. The Balaban J connectivity index is 1.80. The molecule has 106 valence electrons. The molecule has 4 nitrogen and oxygen atoms in total. The number of rotatable bonds is 3. The van der Waals surface area contributed by atoms with Crippen molar-refractivity contribution in [1.82, 2.24) is 10.3 Å². The lowest BCUT2D eigenvalue weighted by atomic mass is 10.1. The average Bonchev–Trinajstić information content (AvgIpc) is 2.78. The van der Waals surface area contributed by atoms with Crippen molar-refractivity contribution in [1.29, 1.82) is 0 Å². The van der Waals surface area contributed by atoms with Crippen molar-refractivity contribution in [2.24, 2.45) is 0 Å². The highest BCUT2D eigenvalue weighted by atomic mass is 35.5. The first kappa shape index (κ1) is 13.8. The van der Waals surface area contributed by atoms with Crippen molar-refractivity contribution in [2.45, 2.75) is 19.0 Å². The second-order valence-corrected chi connectivity index (χ2v) is 7.72. The normalized spacial score (nSPS) is 21.4. The van der Waals surface area contributed by atoms with Gasteiger partial charge < -0.3 is 5.32 Å². The van der Waals surface area contributed by atoms with E-state index in [1.807, 2.05) is 24.3 Å². The number of fused-ring (bicyclic) bond motifs is 1. The van der Waals surface area contributed by atoms with Gasteiger partial charge in [-0.25, -0.2) is 8.42 Å². The lowest BCUT2D eigenvalue weighted by Gasteiger charge is -2.12. The largest absolute Gasteiger partial charge is 0.309 e. The smallest absolute Gasteiger partial charge is 0.151 e. The van der Waals surface area contributed by atoms with Crippen molar-refractivity contribution in [2.75, 3.05) is 11.5 Å². The van der Waals surface area contributed by atoms with Gasteiger partial charge in [-0.3, -0.25) is 4.98 Å². The predicted octanol–water partition coefficient (Wildman–Crippen LogP) is 2.16. The number of aromatic nitrogens is 1. The van der Waals surface area contributed by atoms with Crippen LogP contribution in [0.3, 0.4) is 0 Å². The third kappa shape index (κ3) is 2.80. The van der Waals surface area contributed by atoms with E-state index in [4.69, 9.17) is 11.6 Å². The lowest BCUT2D eigenvalue weighted by molar-refractivity contribution is 0.555. The Labute approximate surface area is 123 Å². The second-order valence-electron chi connectivity index (χ2n) is 5.09. The summed E-state index contributed by atoms with van der Waals surface area (Å²) in [6.45, 7) is 0.602. The third-order valence-electron chi connectivity index (χ3n) is 3.61. The molecule has 2 aromatic rings. The predicted molar refractivity (Wildman–Crippen MR) is 80.7 cm³/mol. The van der Waals surface area contributed by atoms with Gasteiger partial charge in [0, 0.05) is 29.2 Å². The molecule has 1 atom stereocenters. The molecule has 0 saturated carbocycles. The fourth-order valence-corrected chi connectivity index (χ4v) is 4.47. The summed E-state index contributed by atoms with van der Waals surface area (Å²) in [7, 11) is -2.85. The van der Waals surface area contributed by atoms with Crippen LogP contribution in [-0.2, 0) is 16.4 Å². The second kappa shape index (κ2) is 5.31. The maximum absolute atomic E-state index is 11.4.